The molecule has 1 amide bonds. The van der Waals surface area contributed by atoms with Crippen LogP contribution >= 0.6 is 0 Å². The second-order valence-corrected chi connectivity index (χ2v) is 5.17. The Kier molecular flexibility index (Phi) is 5.89. The lowest BCUT2D eigenvalue weighted by Crippen LogP contribution is -2.21. The number of ether oxygens (including phenoxy) is 2. The maximum Gasteiger partial charge on any atom is 0.416 e. The number of hydrogen-bond acceptors (Lipinski definition) is 5. The first-order valence-corrected chi connectivity index (χ1v) is 7.49. The monoisotopic (exact) mass is 358 g/mol. The van der Waals surface area contributed by atoms with Gasteiger partial charge in [0.2, 0.25) is 0 Å². The third kappa shape index (κ3) is 5.40. The molecule has 0 spiro atoms. The van der Waals surface area contributed by atoms with Crippen molar-refractivity contribution in [2.24, 2.45) is 0 Å². The summed E-state index contributed by atoms with van der Waals surface area (Å²) >= 11 is 0. The number of halogens is 3. The van der Waals surface area contributed by atoms with Crippen molar-refractivity contribution in [3.8, 4) is 11.6 Å². The van der Waals surface area contributed by atoms with Crippen molar-refractivity contribution in [3.05, 3.63) is 35.6 Å². The number of anilines is 1. The number of nitrogens with one attached hydrogen (secondary N) is 1. The highest BCUT2D eigenvalue weighted by Gasteiger charge is 2.31. The van der Waals surface area contributed by atoms with Gasteiger partial charge in [-0.3, -0.25) is 4.79 Å². The standard InChI is InChI=1S/C16H17F3N2O4/c1-3-6-23-13-5-4-11(16(17,18)19)8-12(13)20-14(22)9-24-15-7-10(2)25-21-15/h4-5,7-8H,3,6,9H2,1-2H3,(H,20,22). The highest BCUT2D eigenvalue weighted by atomic mass is 19.4. The summed E-state index contributed by atoms with van der Waals surface area (Å²) in [6.07, 6.45) is -3.86. The number of nitrogens with zero attached hydrogens (tertiary/aromatic N) is 1. The number of amides is 1. The van der Waals surface area contributed by atoms with Crippen LogP contribution < -0.4 is 14.8 Å². The Hall–Kier alpha value is -2.71. The predicted octanol–water partition coefficient (Wildman–Crippen LogP) is 3.81. The first-order chi connectivity index (χ1) is 11.8. The number of benzene rings is 1. The molecule has 0 saturated carbocycles. The maximum absolute atomic E-state index is 12.9. The SMILES string of the molecule is CCCOc1ccc(C(F)(F)F)cc1NC(=O)COc1cc(C)on1. The van der Waals surface area contributed by atoms with Gasteiger partial charge >= 0.3 is 6.18 Å². The molecule has 0 aliphatic carbocycles. The van der Waals surface area contributed by atoms with Crippen LogP contribution in [0.2, 0.25) is 0 Å². The molecule has 9 heteroatoms. The number of carbonyl (C=O) groups is 1. The Bertz CT molecular complexity index is 728. The van der Waals surface area contributed by atoms with Crippen LogP contribution in [0.25, 0.3) is 0 Å². The van der Waals surface area contributed by atoms with Crippen LogP contribution in [0.4, 0.5) is 18.9 Å². The average Bonchev–Trinajstić information content (AvgIpc) is 2.96. The van der Waals surface area contributed by atoms with Gasteiger partial charge in [0.15, 0.2) is 6.61 Å². The van der Waals surface area contributed by atoms with E-state index in [1.165, 1.54) is 12.1 Å². The summed E-state index contributed by atoms with van der Waals surface area (Å²) < 4.78 is 53.8. The van der Waals surface area contributed by atoms with E-state index in [0.29, 0.717) is 18.8 Å². The van der Waals surface area contributed by atoms with Crippen molar-refractivity contribution >= 4 is 11.6 Å². The van der Waals surface area contributed by atoms with Crippen LogP contribution in [0, 0.1) is 6.92 Å². The van der Waals surface area contributed by atoms with Gasteiger partial charge in [-0.05, 0) is 36.7 Å². The van der Waals surface area contributed by atoms with Crippen molar-refractivity contribution in [2.45, 2.75) is 26.4 Å². The molecule has 1 aromatic heterocycles. The molecule has 0 aliphatic heterocycles. The van der Waals surface area contributed by atoms with Gasteiger partial charge in [-0.25, -0.2) is 0 Å². The second kappa shape index (κ2) is 7.91. The van der Waals surface area contributed by atoms with E-state index in [-0.39, 0.29) is 17.3 Å². The molecule has 25 heavy (non-hydrogen) atoms. The minimum Gasteiger partial charge on any atom is -0.491 e. The molecule has 2 aromatic rings. The molecule has 0 unspecified atom stereocenters. The minimum absolute atomic E-state index is 0.0757. The second-order valence-electron chi connectivity index (χ2n) is 5.17. The van der Waals surface area contributed by atoms with E-state index in [1.807, 2.05) is 6.92 Å². The molecule has 0 radical (unpaired) electrons. The quantitative estimate of drug-likeness (QED) is 0.815. The molecule has 0 atom stereocenters. The number of aromatic nitrogens is 1. The third-order valence-corrected chi connectivity index (χ3v) is 3.00. The molecule has 0 fully saturated rings. The van der Waals surface area contributed by atoms with E-state index in [0.717, 1.165) is 12.1 Å². The van der Waals surface area contributed by atoms with E-state index in [2.05, 4.69) is 10.5 Å². The smallest absolute Gasteiger partial charge is 0.416 e. The highest BCUT2D eigenvalue weighted by molar-refractivity contribution is 5.93. The summed E-state index contributed by atoms with van der Waals surface area (Å²) in [5.74, 6) is 0.115. The zero-order valence-corrected chi connectivity index (χ0v) is 13.6. The summed E-state index contributed by atoms with van der Waals surface area (Å²) in [5.41, 5.74) is -0.965. The molecule has 6 nitrogen and oxygen atoms in total. The van der Waals surface area contributed by atoms with Crippen molar-refractivity contribution in [1.82, 2.24) is 5.16 Å². The van der Waals surface area contributed by atoms with Gasteiger partial charge in [-0.2, -0.15) is 13.2 Å². The van der Waals surface area contributed by atoms with E-state index in [4.69, 9.17) is 14.0 Å². The van der Waals surface area contributed by atoms with Crippen LogP contribution in [-0.2, 0) is 11.0 Å². The zero-order chi connectivity index (χ0) is 18.4. The van der Waals surface area contributed by atoms with Crippen molar-refractivity contribution < 1.29 is 32.0 Å². The summed E-state index contributed by atoms with van der Waals surface area (Å²) in [7, 11) is 0. The molecular formula is C16H17F3N2O4. The highest BCUT2D eigenvalue weighted by Crippen LogP contribution is 2.35. The van der Waals surface area contributed by atoms with Crippen LogP contribution in [0.15, 0.2) is 28.8 Å². The van der Waals surface area contributed by atoms with Gasteiger partial charge in [0.1, 0.15) is 11.5 Å². The summed E-state index contributed by atoms with van der Waals surface area (Å²) in [5, 5.41) is 5.91. The summed E-state index contributed by atoms with van der Waals surface area (Å²) in [6.45, 7) is 3.38. The Labute approximate surface area is 141 Å². The maximum atomic E-state index is 12.9. The molecule has 1 N–H and O–H groups in total. The van der Waals surface area contributed by atoms with Gasteiger partial charge in [0, 0.05) is 6.07 Å². The van der Waals surface area contributed by atoms with Crippen LogP contribution in [0.5, 0.6) is 11.6 Å². The molecule has 0 aliphatic rings. The predicted molar refractivity (Wildman–Crippen MR) is 82.6 cm³/mol. The van der Waals surface area contributed by atoms with E-state index >= 15 is 0 Å². The van der Waals surface area contributed by atoms with Crippen LogP contribution in [0.1, 0.15) is 24.7 Å². The normalized spacial score (nSPS) is 11.2. The Balaban J connectivity index is 2.09. The third-order valence-electron chi connectivity index (χ3n) is 3.00. The molecule has 1 aromatic carbocycles. The number of alkyl halides is 3. The van der Waals surface area contributed by atoms with Gasteiger partial charge < -0.3 is 19.3 Å². The van der Waals surface area contributed by atoms with Gasteiger partial charge in [-0.1, -0.05) is 6.92 Å². The minimum atomic E-state index is -4.53. The number of rotatable bonds is 7. The van der Waals surface area contributed by atoms with Crippen LogP contribution in [-0.4, -0.2) is 24.3 Å². The fourth-order valence-electron chi connectivity index (χ4n) is 1.88. The van der Waals surface area contributed by atoms with E-state index in [9.17, 15) is 18.0 Å². The molecular weight excluding hydrogens is 341 g/mol. The first-order valence-electron chi connectivity index (χ1n) is 7.49. The van der Waals surface area contributed by atoms with Crippen molar-refractivity contribution in [1.29, 1.82) is 0 Å². The largest absolute Gasteiger partial charge is 0.491 e. The number of carbonyl (C=O) groups excluding carboxylic acids is 1. The van der Waals surface area contributed by atoms with Crippen LogP contribution in [0.3, 0.4) is 0 Å². The average molecular weight is 358 g/mol. The van der Waals surface area contributed by atoms with Gasteiger partial charge in [-0.15, -0.1) is 0 Å². The number of aryl methyl sites for hydroxylation is 1. The van der Waals surface area contributed by atoms with E-state index in [1.54, 1.807) is 6.92 Å². The van der Waals surface area contributed by atoms with Crippen molar-refractivity contribution in [2.75, 3.05) is 18.5 Å². The summed E-state index contributed by atoms with van der Waals surface area (Å²) in [4.78, 5) is 11.9. The lowest BCUT2D eigenvalue weighted by Gasteiger charge is -2.15. The molecule has 2 rings (SSSR count). The number of hydrogen-bond donors (Lipinski definition) is 1. The summed E-state index contributed by atoms with van der Waals surface area (Å²) in [6, 6.07) is 4.38. The van der Waals surface area contributed by atoms with E-state index < -0.39 is 24.3 Å². The lowest BCUT2D eigenvalue weighted by molar-refractivity contribution is -0.137. The Morgan fingerprint density at radius 2 is 2.04 bits per heavy atom. The van der Waals surface area contributed by atoms with Gasteiger partial charge in [0.25, 0.3) is 11.8 Å². The Morgan fingerprint density at radius 3 is 2.64 bits per heavy atom. The topological polar surface area (TPSA) is 73.6 Å². The fraction of sp³-hybridized carbons (Fsp3) is 0.375. The molecule has 1 heterocycles. The first kappa shape index (κ1) is 18.6. The molecule has 0 bridgehead atoms. The Morgan fingerprint density at radius 1 is 1.28 bits per heavy atom. The fourth-order valence-corrected chi connectivity index (χ4v) is 1.88. The molecule has 0 saturated heterocycles. The van der Waals surface area contributed by atoms with Crippen molar-refractivity contribution in [3.63, 3.8) is 0 Å². The molecule has 136 valence electrons. The lowest BCUT2D eigenvalue weighted by atomic mass is 10.1. The zero-order valence-electron chi connectivity index (χ0n) is 13.6. The van der Waals surface area contributed by atoms with Gasteiger partial charge in [0.05, 0.1) is 17.9 Å².